The van der Waals surface area contributed by atoms with Gasteiger partial charge in [0.25, 0.3) is 0 Å². The highest BCUT2D eigenvalue weighted by Crippen LogP contribution is 2.30. The number of ether oxygens (including phenoxy) is 2. The summed E-state index contributed by atoms with van der Waals surface area (Å²) < 4.78 is 10.6. The smallest absolute Gasteiger partial charge is 0.161 e. The van der Waals surface area contributed by atoms with Crippen LogP contribution in [0.25, 0.3) is 0 Å². The molecule has 1 aliphatic heterocycles. The highest BCUT2D eigenvalue weighted by atomic mass is 16.5. The van der Waals surface area contributed by atoms with E-state index in [1.807, 2.05) is 12.1 Å². The van der Waals surface area contributed by atoms with E-state index >= 15 is 0 Å². The van der Waals surface area contributed by atoms with Gasteiger partial charge in [-0.05, 0) is 54.3 Å². The first-order chi connectivity index (χ1) is 11.2. The molecule has 0 spiro atoms. The van der Waals surface area contributed by atoms with Crippen molar-refractivity contribution in [3.8, 4) is 11.5 Å². The van der Waals surface area contributed by atoms with Crippen LogP contribution < -0.4 is 19.7 Å². The lowest BCUT2D eigenvalue weighted by Gasteiger charge is -2.28. The van der Waals surface area contributed by atoms with Crippen LogP contribution in [0, 0.1) is 0 Å². The van der Waals surface area contributed by atoms with Crippen molar-refractivity contribution in [2.45, 2.75) is 19.4 Å². The number of aryl methyl sites for hydroxylation is 1. The Balaban J connectivity index is 1.71. The summed E-state index contributed by atoms with van der Waals surface area (Å²) in [4.78, 5) is 2.33. The monoisotopic (exact) mass is 312 g/mol. The van der Waals surface area contributed by atoms with E-state index in [-0.39, 0.29) is 0 Å². The normalized spacial score (nSPS) is 13.4. The molecule has 4 nitrogen and oxygen atoms in total. The van der Waals surface area contributed by atoms with Crippen LogP contribution in [0.1, 0.15) is 17.5 Å². The lowest BCUT2D eigenvalue weighted by molar-refractivity contribution is 0.354. The highest BCUT2D eigenvalue weighted by Gasteiger charge is 2.13. The van der Waals surface area contributed by atoms with E-state index in [4.69, 9.17) is 9.47 Å². The molecular weight excluding hydrogens is 288 g/mol. The number of hydrogen-bond acceptors (Lipinski definition) is 4. The predicted molar refractivity (Wildman–Crippen MR) is 94.9 cm³/mol. The molecule has 0 saturated heterocycles. The summed E-state index contributed by atoms with van der Waals surface area (Å²) in [6.07, 6.45) is 2.38. The van der Waals surface area contributed by atoms with Gasteiger partial charge in [-0.2, -0.15) is 0 Å². The molecule has 0 saturated carbocycles. The molecule has 23 heavy (non-hydrogen) atoms. The van der Waals surface area contributed by atoms with Crippen molar-refractivity contribution in [2.75, 3.05) is 38.0 Å². The summed E-state index contributed by atoms with van der Waals surface area (Å²) in [5.41, 5.74) is 5.11. The third kappa shape index (κ3) is 3.36. The van der Waals surface area contributed by atoms with Gasteiger partial charge in [0.05, 0.1) is 14.2 Å². The van der Waals surface area contributed by atoms with Crippen molar-refractivity contribution in [1.29, 1.82) is 0 Å². The maximum atomic E-state index is 5.36. The minimum absolute atomic E-state index is 0.757. The van der Waals surface area contributed by atoms with Crippen molar-refractivity contribution in [3.63, 3.8) is 0 Å². The van der Waals surface area contributed by atoms with Crippen molar-refractivity contribution < 1.29 is 9.47 Å². The van der Waals surface area contributed by atoms with Crippen LogP contribution in [0.5, 0.6) is 11.5 Å². The van der Waals surface area contributed by atoms with Gasteiger partial charge < -0.3 is 19.7 Å². The summed E-state index contributed by atoms with van der Waals surface area (Å²) in [5, 5.41) is 3.50. The molecule has 3 rings (SSSR count). The van der Waals surface area contributed by atoms with Crippen LogP contribution in [0.2, 0.25) is 0 Å². The second kappa shape index (κ2) is 6.82. The van der Waals surface area contributed by atoms with Gasteiger partial charge in [0.15, 0.2) is 11.5 Å². The fourth-order valence-corrected chi connectivity index (χ4v) is 3.09. The van der Waals surface area contributed by atoms with Crippen molar-refractivity contribution in [1.82, 2.24) is 0 Å². The Labute approximate surface area is 138 Å². The lowest BCUT2D eigenvalue weighted by Crippen LogP contribution is -2.24. The van der Waals surface area contributed by atoms with E-state index in [1.165, 1.54) is 17.7 Å². The molecule has 0 bridgehead atoms. The molecule has 0 aromatic heterocycles. The molecule has 0 aliphatic carbocycles. The molecule has 0 radical (unpaired) electrons. The molecule has 122 valence electrons. The fraction of sp³-hybridized carbons (Fsp3) is 0.368. The Hall–Kier alpha value is -2.36. The van der Waals surface area contributed by atoms with E-state index in [2.05, 4.69) is 41.5 Å². The van der Waals surface area contributed by atoms with E-state index in [0.717, 1.165) is 42.3 Å². The standard InChI is InChI=1S/C19H24N2O2/c1-21-10-4-5-15-12-16(7-8-17(15)21)20-13-14-6-9-18(22-2)19(11-14)23-3/h6-9,11-12,20H,4-5,10,13H2,1-3H3. The van der Waals surface area contributed by atoms with Gasteiger partial charge in [-0.1, -0.05) is 6.07 Å². The first-order valence-corrected chi connectivity index (χ1v) is 8.00. The number of benzene rings is 2. The number of methoxy groups -OCH3 is 2. The number of hydrogen-bond donors (Lipinski definition) is 1. The van der Waals surface area contributed by atoms with Gasteiger partial charge in [0, 0.05) is 31.5 Å². The molecular formula is C19H24N2O2. The summed E-state index contributed by atoms with van der Waals surface area (Å²) in [5.74, 6) is 1.52. The zero-order valence-corrected chi connectivity index (χ0v) is 14.1. The quantitative estimate of drug-likeness (QED) is 0.913. The first kappa shape index (κ1) is 15.5. The van der Waals surface area contributed by atoms with Crippen LogP contribution in [-0.4, -0.2) is 27.8 Å². The lowest BCUT2D eigenvalue weighted by atomic mass is 10.0. The third-order valence-electron chi connectivity index (χ3n) is 4.37. The molecule has 1 heterocycles. The second-order valence-corrected chi connectivity index (χ2v) is 5.91. The maximum absolute atomic E-state index is 5.36. The topological polar surface area (TPSA) is 33.7 Å². The van der Waals surface area contributed by atoms with Gasteiger partial charge >= 0.3 is 0 Å². The molecule has 0 amide bonds. The Kier molecular flexibility index (Phi) is 4.60. The van der Waals surface area contributed by atoms with Gasteiger partial charge in [0.2, 0.25) is 0 Å². The second-order valence-electron chi connectivity index (χ2n) is 5.91. The Bertz CT molecular complexity index is 685. The van der Waals surface area contributed by atoms with Crippen molar-refractivity contribution in [3.05, 3.63) is 47.5 Å². The van der Waals surface area contributed by atoms with Crippen molar-refractivity contribution in [2.24, 2.45) is 0 Å². The number of rotatable bonds is 5. The van der Waals surface area contributed by atoms with Crippen LogP contribution >= 0.6 is 0 Å². The van der Waals surface area contributed by atoms with Gasteiger partial charge in [-0.15, -0.1) is 0 Å². The highest BCUT2D eigenvalue weighted by molar-refractivity contribution is 5.62. The largest absolute Gasteiger partial charge is 0.493 e. The van der Waals surface area contributed by atoms with Crippen LogP contribution in [0.4, 0.5) is 11.4 Å². The Morgan fingerprint density at radius 3 is 2.65 bits per heavy atom. The van der Waals surface area contributed by atoms with E-state index in [0.29, 0.717) is 0 Å². The summed E-state index contributed by atoms with van der Waals surface area (Å²) in [7, 11) is 5.48. The van der Waals surface area contributed by atoms with E-state index < -0.39 is 0 Å². The summed E-state index contributed by atoms with van der Waals surface area (Å²) in [6, 6.07) is 12.6. The first-order valence-electron chi connectivity index (χ1n) is 8.00. The predicted octanol–water partition coefficient (Wildman–Crippen LogP) is 3.70. The Morgan fingerprint density at radius 2 is 1.87 bits per heavy atom. The SMILES string of the molecule is COc1ccc(CNc2ccc3c(c2)CCCN3C)cc1OC. The molecule has 1 N–H and O–H groups in total. The minimum Gasteiger partial charge on any atom is -0.493 e. The zero-order valence-electron chi connectivity index (χ0n) is 14.1. The molecule has 0 fully saturated rings. The molecule has 1 aliphatic rings. The summed E-state index contributed by atoms with van der Waals surface area (Å²) in [6.45, 7) is 1.90. The molecule has 2 aromatic rings. The zero-order chi connectivity index (χ0) is 16.2. The number of fused-ring (bicyclic) bond motifs is 1. The minimum atomic E-state index is 0.757. The van der Waals surface area contributed by atoms with Crippen molar-refractivity contribution >= 4 is 11.4 Å². The number of nitrogens with one attached hydrogen (secondary N) is 1. The average molecular weight is 312 g/mol. The van der Waals surface area contributed by atoms with Crippen LogP contribution in [0.15, 0.2) is 36.4 Å². The van der Waals surface area contributed by atoms with E-state index in [1.54, 1.807) is 14.2 Å². The van der Waals surface area contributed by atoms with Gasteiger partial charge in [0.1, 0.15) is 0 Å². The molecule has 2 aromatic carbocycles. The summed E-state index contributed by atoms with van der Waals surface area (Å²) >= 11 is 0. The van der Waals surface area contributed by atoms with Crippen LogP contribution in [0.3, 0.4) is 0 Å². The molecule has 4 heteroatoms. The number of anilines is 2. The third-order valence-corrected chi connectivity index (χ3v) is 4.37. The van der Waals surface area contributed by atoms with Crippen LogP contribution in [-0.2, 0) is 13.0 Å². The average Bonchev–Trinajstić information content (AvgIpc) is 2.59. The Morgan fingerprint density at radius 1 is 1.04 bits per heavy atom. The maximum Gasteiger partial charge on any atom is 0.161 e. The molecule has 0 unspecified atom stereocenters. The van der Waals surface area contributed by atoms with Gasteiger partial charge in [-0.3, -0.25) is 0 Å². The van der Waals surface area contributed by atoms with E-state index in [9.17, 15) is 0 Å². The van der Waals surface area contributed by atoms with Gasteiger partial charge in [-0.25, -0.2) is 0 Å². The fourth-order valence-electron chi connectivity index (χ4n) is 3.09. The molecule has 0 atom stereocenters. The number of nitrogens with zero attached hydrogens (tertiary/aromatic N) is 1.